The summed E-state index contributed by atoms with van der Waals surface area (Å²) in [5.41, 5.74) is 0. The molecule has 2 aromatic rings. The number of aryl methyl sites for hydroxylation is 1. The van der Waals surface area contributed by atoms with Crippen molar-refractivity contribution < 1.29 is 0 Å². The molecule has 1 unspecified atom stereocenters. The van der Waals surface area contributed by atoms with Crippen LogP contribution in [0.25, 0.3) is 0 Å². The van der Waals surface area contributed by atoms with Gasteiger partial charge >= 0.3 is 0 Å². The molecule has 0 spiro atoms. The number of hydrogen-bond acceptors (Lipinski definition) is 3. The average molecular weight is 300 g/mol. The van der Waals surface area contributed by atoms with Crippen molar-refractivity contribution in [1.29, 1.82) is 0 Å². The minimum Gasteiger partial charge on any atom is -0.337 e. The highest BCUT2D eigenvalue weighted by atomic mass is 79.9. The zero-order valence-corrected chi connectivity index (χ0v) is 11.7. The summed E-state index contributed by atoms with van der Waals surface area (Å²) in [6.07, 6.45) is 3.80. The van der Waals surface area contributed by atoms with Crippen LogP contribution in [-0.2, 0) is 13.6 Å². The highest BCUT2D eigenvalue weighted by molar-refractivity contribution is 9.10. The Bertz CT molecular complexity index is 463. The summed E-state index contributed by atoms with van der Waals surface area (Å²) in [5, 5.41) is 5.56. The van der Waals surface area contributed by atoms with Crippen molar-refractivity contribution in [3.8, 4) is 0 Å². The monoisotopic (exact) mass is 299 g/mol. The van der Waals surface area contributed by atoms with Crippen molar-refractivity contribution in [2.24, 2.45) is 7.05 Å². The second kappa shape index (κ2) is 5.12. The molecule has 2 heterocycles. The molecule has 0 bridgehead atoms. The van der Waals surface area contributed by atoms with E-state index >= 15 is 0 Å². The number of nitrogens with zero attached hydrogens (tertiary/aromatic N) is 2. The van der Waals surface area contributed by atoms with Crippen molar-refractivity contribution in [1.82, 2.24) is 14.9 Å². The van der Waals surface area contributed by atoms with Crippen LogP contribution in [0.4, 0.5) is 0 Å². The molecule has 1 atom stereocenters. The van der Waals surface area contributed by atoms with Crippen molar-refractivity contribution >= 4 is 27.3 Å². The molecule has 0 aliphatic carbocycles. The van der Waals surface area contributed by atoms with Crippen LogP contribution in [-0.4, -0.2) is 9.55 Å². The van der Waals surface area contributed by atoms with Crippen molar-refractivity contribution in [2.75, 3.05) is 0 Å². The Kier molecular flexibility index (Phi) is 3.78. The van der Waals surface area contributed by atoms with Gasteiger partial charge in [0.05, 0.1) is 6.04 Å². The zero-order chi connectivity index (χ0) is 11.5. The molecule has 2 aromatic heterocycles. The number of aromatic nitrogens is 2. The molecular weight excluding hydrogens is 286 g/mol. The molecule has 0 saturated carbocycles. The van der Waals surface area contributed by atoms with Gasteiger partial charge in [-0.3, -0.25) is 0 Å². The molecule has 0 amide bonds. The van der Waals surface area contributed by atoms with E-state index in [1.165, 1.54) is 4.88 Å². The van der Waals surface area contributed by atoms with E-state index in [0.29, 0.717) is 0 Å². The van der Waals surface area contributed by atoms with Crippen LogP contribution < -0.4 is 5.32 Å². The highest BCUT2D eigenvalue weighted by Gasteiger charge is 2.09. The van der Waals surface area contributed by atoms with Crippen LogP contribution in [0, 0.1) is 0 Å². The van der Waals surface area contributed by atoms with E-state index in [0.717, 1.165) is 16.8 Å². The molecular formula is C11H14BrN3S. The molecule has 0 aromatic carbocycles. The lowest BCUT2D eigenvalue weighted by Gasteiger charge is -2.12. The van der Waals surface area contributed by atoms with Gasteiger partial charge in [-0.15, -0.1) is 11.3 Å². The molecule has 0 aliphatic rings. The summed E-state index contributed by atoms with van der Waals surface area (Å²) in [4.78, 5) is 5.65. The first-order valence-electron chi connectivity index (χ1n) is 5.10. The predicted molar refractivity (Wildman–Crippen MR) is 70.5 cm³/mol. The molecule has 0 saturated heterocycles. The minimum absolute atomic E-state index is 0.265. The first-order chi connectivity index (χ1) is 7.66. The van der Waals surface area contributed by atoms with Crippen LogP contribution in [0.1, 0.15) is 23.7 Å². The fourth-order valence-electron chi connectivity index (χ4n) is 1.59. The van der Waals surface area contributed by atoms with E-state index in [-0.39, 0.29) is 6.04 Å². The van der Waals surface area contributed by atoms with Gasteiger partial charge in [-0.05, 0) is 28.9 Å². The fourth-order valence-corrected chi connectivity index (χ4v) is 2.99. The standard InChI is InChI=1S/C11H14BrN3S/c1-8(11-13-3-4-15(11)2)14-6-10-5-9(12)7-16-10/h3-5,7-8,14H,6H2,1-2H3. The lowest BCUT2D eigenvalue weighted by molar-refractivity contribution is 0.533. The molecule has 2 rings (SSSR count). The smallest absolute Gasteiger partial charge is 0.125 e. The lowest BCUT2D eigenvalue weighted by atomic mass is 10.3. The highest BCUT2D eigenvalue weighted by Crippen LogP contribution is 2.20. The maximum absolute atomic E-state index is 4.33. The SMILES string of the molecule is CC(NCc1cc(Br)cs1)c1nccn1C. The first kappa shape index (κ1) is 11.8. The van der Waals surface area contributed by atoms with Crippen molar-refractivity contribution in [3.05, 3.63) is 39.0 Å². The van der Waals surface area contributed by atoms with Gasteiger partial charge in [0.1, 0.15) is 5.82 Å². The summed E-state index contributed by atoms with van der Waals surface area (Å²) in [6, 6.07) is 2.41. The van der Waals surface area contributed by atoms with Crippen LogP contribution >= 0.6 is 27.3 Å². The third-order valence-corrected chi connectivity index (χ3v) is 4.15. The number of thiophene rings is 1. The van der Waals surface area contributed by atoms with Crippen molar-refractivity contribution in [3.63, 3.8) is 0 Å². The number of imidazole rings is 1. The largest absolute Gasteiger partial charge is 0.337 e. The van der Waals surface area contributed by atoms with Gasteiger partial charge in [-0.25, -0.2) is 4.98 Å². The van der Waals surface area contributed by atoms with E-state index in [9.17, 15) is 0 Å². The molecule has 5 heteroatoms. The van der Waals surface area contributed by atoms with Gasteiger partial charge in [0.25, 0.3) is 0 Å². The summed E-state index contributed by atoms with van der Waals surface area (Å²) in [6.45, 7) is 3.01. The van der Waals surface area contributed by atoms with Crippen LogP contribution in [0.5, 0.6) is 0 Å². The molecule has 0 aliphatic heterocycles. The van der Waals surface area contributed by atoms with Crippen LogP contribution in [0.3, 0.4) is 0 Å². The minimum atomic E-state index is 0.265. The van der Waals surface area contributed by atoms with E-state index < -0.39 is 0 Å². The topological polar surface area (TPSA) is 29.9 Å². The lowest BCUT2D eigenvalue weighted by Crippen LogP contribution is -2.20. The third-order valence-electron chi connectivity index (χ3n) is 2.45. The maximum atomic E-state index is 4.33. The van der Waals surface area contributed by atoms with Gasteiger partial charge in [0.15, 0.2) is 0 Å². The Hall–Kier alpha value is -0.650. The number of halogens is 1. The maximum Gasteiger partial charge on any atom is 0.125 e. The Labute approximate surface area is 108 Å². The molecule has 0 fully saturated rings. The third kappa shape index (κ3) is 2.72. The Morgan fingerprint density at radius 2 is 2.44 bits per heavy atom. The summed E-state index contributed by atoms with van der Waals surface area (Å²) < 4.78 is 3.20. The van der Waals surface area contributed by atoms with E-state index in [4.69, 9.17) is 0 Å². The zero-order valence-electron chi connectivity index (χ0n) is 9.27. The van der Waals surface area contributed by atoms with Gasteiger partial charge < -0.3 is 9.88 Å². The van der Waals surface area contributed by atoms with E-state index in [1.807, 2.05) is 24.0 Å². The molecule has 1 N–H and O–H groups in total. The van der Waals surface area contributed by atoms with Crippen LogP contribution in [0.2, 0.25) is 0 Å². The van der Waals surface area contributed by atoms with Gasteiger partial charge in [-0.1, -0.05) is 0 Å². The normalized spacial score (nSPS) is 12.9. The fraction of sp³-hybridized carbons (Fsp3) is 0.364. The summed E-state index contributed by atoms with van der Waals surface area (Å²) in [5.74, 6) is 1.07. The second-order valence-electron chi connectivity index (χ2n) is 3.73. The van der Waals surface area contributed by atoms with Gasteiger partial charge in [0.2, 0.25) is 0 Å². The van der Waals surface area contributed by atoms with Gasteiger partial charge in [0, 0.05) is 40.7 Å². The van der Waals surface area contributed by atoms with Crippen molar-refractivity contribution in [2.45, 2.75) is 19.5 Å². The van der Waals surface area contributed by atoms with E-state index in [2.05, 4.69) is 44.6 Å². The average Bonchev–Trinajstić information content (AvgIpc) is 2.84. The summed E-state index contributed by atoms with van der Waals surface area (Å²) in [7, 11) is 2.02. The Morgan fingerprint density at radius 3 is 3.00 bits per heavy atom. The van der Waals surface area contributed by atoms with Crippen LogP contribution in [0.15, 0.2) is 28.3 Å². The molecule has 3 nitrogen and oxygen atoms in total. The number of nitrogens with one attached hydrogen (secondary N) is 1. The number of rotatable bonds is 4. The second-order valence-corrected chi connectivity index (χ2v) is 5.64. The number of hydrogen-bond donors (Lipinski definition) is 1. The predicted octanol–water partition coefficient (Wildman–Crippen LogP) is 3.09. The Balaban J connectivity index is 1.93. The summed E-state index contributed by atoms with van der Waals surface area (Å²) >= 11 is 5.21. The molecule has 16 heavy (non-hydrogen) atoms. The first-order valence-corrected chi connectivity index (χ1v) is 6.77. The molecule has 86 valence electrons. The van der Waals surface area contributed by atoms with Gasteiger partial charge in [-0.2, -0.15) is 0 Å². The molecule has 0 radical (unpaired) electrons. The quantitative estimate of drug-likeness (QED) is 0.940. The Morgan fingerprint density at radius 1 is 1.62 bits per heavy atom. The van der Waals surface area contributed by atoms with E-state index in [1.54, 1.807) is 11.3 Å².